The zero-order valence-electron chi connectivity index (χ0n) is 9.69. The fraction of sp³-hybridized carbons (Fsp3) is 0.909. The maximum absolute atomic E-state index is 11.5. The van der Waals surface area contributed by atoms with Crippen molar-refractivity contribution in [2.24, 2.45) is 5.92 Å². The molecular formula is C11H18BNO2. The van der Waals surface area contributed by atoms with Gasteiger partial charge in [-0.3, -0.25) is 0 Å². The van der Waals surface area contributed by atoms with Crippen molar-refractivity contribution in [3.8, 4) is 0 Å². The van der Waals surface area contributed by atoms with Gasteiger partial charge in [0.25, 0.3) is 0 Å². The minimum absolute atomic E-state index is 0.146. The zero-order valence-corrected chi connectivity index (χ0v) is 9.69. The Labute approximate surface area is 92.6 Å². The van der Waals surface area contributed by atoms with E-state index >= 15 is 0 Å². The molecule has 15 heavy (non-hydrogen) atoms. The van der Waals surface area contributed by atoms with Gasteiger partial charge in [0.2, 0.25) is 0 Å². The predicted octanol–water partition coefficient (Wildman–Crippen LogP) is 1.97. The van der Waals surface area contributed by atoms with E-state index in [1.54, 1.807) is 11.9 Å². The van der Waals surface area contributed by atoms with E-state index in [-0.39, 0.29) is 18.2 Å². The molecule has 1 aliphatic carbocycles. The minimum atomic E-state index is -0.401. The molecule has 1 saturated carbocycles. The van der Waals surface area contributed by atoms with E-state index in [0.717, 1.165) is 19.3 Å². The third kappa shape index (κ3) is 1.54. The highest BCUT2D eigenvalue weighted by molar-refractivity contribution is 6.16. The average molecular weight is 207 g/mol. The second-order valence-electron chi connectivity index (χ2n) is 5.18. The Balaban J connectivity index is 2.29. The molecule has 0 bridgehead atoms. The van der Waals surface area contributed by atoms with Crippen molar-refractivity contribution in [3.63, 3.8) is 0 Å². The highest BCUT2D eigenvalue weighted by Crippen LogP contribution is 2.47. The highest BCUT2D eigenvalue weighted by Gasteiger charge is 2.50. The highest BCUT2D eigenvalue weighted by atomic mass is 16.6. The van der Waals surface area contributed by atoms with Gasteiger partial charge in [-0.1, -0.05) is 26.7 Å². The molecule has 4 atom stereocenters. The molecule has 2 rings (SSSR count). The Morgan fingerprint density at radius 3 is 2.87 bits per heavy atom. The lowest BCUT2D eigenvalue weighted by molar-refractivity contribution is 0.0904. The van der Waals surface area contributed by atoms with Crippen LogP contribution < -0.4 is 0 Å². The molecule has 0 aromatic rings. The molecule has 0 aromatic heterocycles. The SMILES string of the molecule is [B]C1(C)C(C)CCCC2C1OC(=O)N2C. The van der Waals surface area contributed by atoms with E-state index in [0.29, 0.717) is 5.92 Å². The Hall–Kier alpha value is -0.665. The van der Waals surface area contributed by atoms with Crippen LogP contribution in [0.4, 0.5) is 4.79 Å². The van der Waals surface area contributed by atoms with Crippen LogP contribution in [-0.2, 0) is 4.74 Å². The van der Waals surface area contributed by atoms with Crippen LogP contribution in [0.3, 0.4) is 0 Å². The first-order valence-electron chi connectivity index (χ1n) is 5.67. The van der Waals surface area contributed by atoms with Gasteiger partial charge < -0.3 is 9.64 Å². The van der Waals surface area contributed by atoms with Crippen LogP contribution in [0, 0.1) is 5.92 Å². The summed E-state index contributed by atoms with van der Waals surface area (Å²) in [6.45, 7) is 4.15. The van der Waals surface area contributed by atoms with E-state index in [4.69, 9.17) is 12.6 Å². The molecule has 2 fully saturated rings. The van der Waals surface area contributed by atoms with Gasteiger partial charge in [0.15, 0.2) is 0 Å². The summed E-state index contributed by atoms with van der Waals surface area (Å²) in [5.74, 6) is 0.395. The van der Waals surface area contributed by atoms with Gasteiger partial charge in [-0.2, -0.15) is 0 Å². The summed E-state index contributed by atoms with van der Waals surface area (Å²) in [6.07, 6.45) is 2.87. The normalized spacial score (nSPS) is 45.9. The third-order valence-electron chi connectivity index (χ3n) is 4.17. The number of ether oxygens (including phenoxy) is 1. The summed E-state index contributed by atoms with van der Waals surface area (Å²) in [7, 11) is 8.13. The smallest absolute Gasteiger partial charge is 0.410 e. The molecule has 3 nitrogen and oxygen atoms in total. The van der Waals surface area contributed by atoms with Crippen molar-refractivity contribution in [1.29, 1.82) is 0 Å². The molecule has 1 aliphatic heterocycles. The molecule has 0 aromatic carbocycles. The van der Waals surface area contributed by atoms with Crippen LogP contribution in [-0.4, -0.2) is 38.0 Å². The van der Waals surface area contributed by atoms with Crippen molar-refractivity contribution < 1.29 is 9.53 Å². The van der Waals surface area contributed by atoms with Gasteiger partial charge in [-0.15, -0.1) is 0 Å². The molecule has 2 radical (unpaired) electrons. The molecule has 0 spiro atoms. The van der Waals surface area contributed by atoms with Crippen molar-refractivity contribution in [2.45, 2.75) is 50.6 Å². The van der Waals surface area contributed by atoms with Gasteiger partial charge in [0.05, 0.1) is 13.9 Å². The lowest BCUT2D eigenvalue weighted by Crippen LogP contribution is -2.40. The van der Waals surface area contributed by atoms with Gasteiger partial charge >= 0.3 is 6.09 Å². The Kier molecular flexibility index (Phi) is 2.48. The molecular weight excluding hydrogens is 189 g/mol. The minimum Gasteiger partial charge on any atom is -0.444 e. The zero-order chi connectivity index (χ0) is 11.2. The van der Waals surface area contributed by atoms with Gasteiger partial charge in [-0.25, -0.2) is 4.79 Å². The molecule has 1 amide bonds. The Morgan fingerprint density at radius 2 is 2.20 bits per heavy atom. The largest absolute Gasteiger partial charge is 0.444 e. The monoisotopic (exact) mass is 207 g/mol. The summed E-state index contributed by atoms with van der Waals surface area (Å²) >= 11 is 0. The molecule has 0 N–H and O–H groups in total. The number of amides is 1. The number of carbonyl (C=O) groups excluding carboxylic acids is 1. The number of carbonyl (C=O) groups is 1. The van der Waals surface area contributed by atoms with E-state index in [1.807, 2.05) is 6.92 Å². The second kappa shape index (κ2) is 3.43. The van der Waals surface area contributed by atoms with Gasteiger partial charge in [0.1, 0.15) is 6.10 Å². The first kappa shape index (κ1) is 10.8. The van der Waals surface area contributed by atoms with Crippen molar-refractivity contribution in [2.75, 3.05) is 7.05 Å². The number of hydrogen-bond donors (Lipinski definition) is 0. The Morgan fingerprint density at radius 1 is 1.53 bits per heavy atom. The first-order valence-corrected chi connectivity index (χ1v) is 5.67. The lowest BCUT2D eigenvalue weighted by atomic mass is 9.58. The molecule has 4 heteroatoms. The number of nitrogens with zero attached hydrogens (tertiary/aromatic N) is 1. The average Bonchev–Trinajstić information content (AvgIpc) is 2.39. The molecule has 82 valence electrons. The fourth-order valence-electron chi connectivity index (χ4n) is 2.72. The topological polar surface area (TPSA) is 29.5 Å². The van der Waals surface area contributed by atoms with Gasteiger partial charge in [0, 0.05) is 7.05 Å². The molecule has 1 saturated heterocycles. The summed E-state index contributed by atoms with van der Waals surface area (Å²) in [6, 6.07) is 0.164. The number of fused-ring (bicyclic) bond motifs is 1. The van der Waals surface area contributed by atoms with E-state index < -0.39 is 5.31 Å². The van der Waals surface area contributed by atoms with Crippen LogP contribution in [0.15, 0.2) is 0 Å². The fourth-order valence-corrected chi connectivity index (χ4v) is 2.72. The lowest BCUT2D eigenvalue weighted by Gasteiger charge is -2.36. The summed E-state index contributed by atoms with van der Waals surface area (Å²) in [5.41, 5.74) is 0. The van der Waals surface area contributed by atoms with Crippen molar-refractivity contribution in [3.05, 3.63) is 0 Å². The summed E-state index contributed by atoms with van der Waals surface area (Å²) in [4.78, 5) is 13.2. The molecule has 1 heterocycles. The van der Waals surface area contributed by atoms with Crippen LogP contribution in [0.2, 0.25) is 5.31 Å². The predicted molar refractivity (Wildman–Crippen MR) is 59.0 cm³/mol. The number of rotatable bonds is 0. The number of hydrogen-bond acceptors (Lipinski definition) is 2. The standard InChI is InChI=1S/C11H18BNO2/c1-7-5-4-6-8-9(11(7,2)12)15-10(14)13(8)3/h7-9H,4-6H2,1-3H3. The quantitative estimate of drug-likeness (QED) is 0.568. The van der Waals surface area contributed by atoms with E-state index in [2.05, 4.69) is 6.92 Å². The molecule has 4 unspecified atom stereocenters. The van der Waals surface area contributed by atoms with E-state index in [1.165, 1.54) is 0 Å². The maximum atomic E-state index is 11.5. The van der Waals surface area contributed by atoms with Crippen LogP contribution in [0.5, 0.6) is 0 Å². The maximum Gasteiger partial charge on any atom is 0.410 e. The van der Waals surface area contributed by atoms with E-state index in [9.17, 15) is 4.79 Å². The number of likely N-dealkylation sites (N-methyl/N-ethyl adjacent to an activating group) is 1. The summed E-state index contributed by atoms with van der Waals surface area (Å²) in [5, 5.41) is -0.401. The van der Waals surface area contributed by atoms with Crippen LogP contribution >= 0.6 is 0 Å². The van der Waals surface area contributed by atoms with Crippen molar-refractivity contribution in [1.82, 2.24) is 4.90 Å². The van der Waals surface area contributed by atoms with Crippen LogP contribution in [0.1, 0.15) is 33.1 Å². The third-order valence-corrected chi connectivity index (χ3v) is 4.17. The Bertz CT molecular complexity index is 280. The molecule has 2 aliphatic rings. The first-order chi connectivity index (χ1) is 6.94. The van der Waals surface area contributed by atoms with Crippen LogP contribution in [0.25, 0.3) is 0 Å². The summed E-state index contributed by atoms with van der Waals surface area (Å²) < 4.78 is 5.41. The second-order valence-corrected chi connectivity index (χ2v) is 5.18. The van der Waals surface area contributed by atoms with Gasteiger partial charge in [-0.05, 0) is 17.7 Å². The van der Waals surface area contributed by atoms with Crippen molar-refractivity contribution >= 4 is 13.9 Å².